The van der Waals surface area contributed by atoms with Crippen molar-refractivity contribution in [1.29, 1.82) is 0 Å². The predicted molar refractivity (Wildman–Crippen MR) is 88.9 cm³/mol. The standard InChI is InChI=1S/C18H23N3O3/c1-3-16-19-18(24-20-16)14-7-5-9-21(11-14)17(22)12-23-15-8-4-6-13(2)10-15/h4,6,8,10,14H,3,5,7,9,11-12H2,1-2H3/t14-/m1/s1. The Morgan fingerprint density at radius 2 is 2.33 bits per heavy atom. The molecule has 0 spiro atoms. The summed E-state index contributed by atoms with van der Waals surface area (Å²) in [7, 11) is 0. The van der Waals surface area contributed by atoms with Crippen LogP contribution in [0.5, 0.6) is 5.75 Å². The number of nitrogens with zero attached hydrogens (tertiary/aromatic N) is 3. The number of benzene rings is 1. The maximum atomic E-state index is 12.4. The van der Waals surface area contributed by atoms with Gasteiger partial charge in [0.25, 0.3) is 5.91 Å². The molecule has 1 atom stereocenters. The summed E-state index contributed by atoms with van der Waals surface area (Å²) in [5, 5.41) is 3.95. The summed E-state index contributed by atoms with van der Waals surface area (Å²) in [4.78, 5) is 18.7. The first-order valence-corrected chi connectivity index (χ1v) is 8.45. The number of carbonyl (C=O) groups is 1. The molecule has 6 nitrogen and oxygen atoms in total. The zero-order valence-corrected chi connectivity index (χ0v) is 14.2. The molecule has 24 heavy (non-hydrogen) atoms. The molecule has 1 aromatic heterocycles. The van der Waals surface area contributed by atoms with E-state index in [0.717, 1.165) is 42.9 Å². The zero-order valence-electron chi connectivity index (χ0n) is 14.2. The van der Waals surface area contributed by atoms with Gasteiger partial charge in [-0.2, -0.15) is 4.98 Å². The first kappa shape index (κ1) is 16.5. The molecule has 1 saturated heterocycles. The second kappa shape index (κ2) is 7.47. The lowest BCUT2D eigenvalue weighted by Gasteiger charge is -2.31. The molecule has 1 amide bonds. The normalized spacial score (nSPS) is 17.8. The first-order chi connectivity index (χ1) is 11.7. The molecule has 0 bridgehead atoms. The second-order valence-corrected chi connectivity index (χ2v) is 6.19. The van der Waals surface area contributed by atoms with Crippen molar-refractivity contribution >= 4 is 5.91 Å². The van der Waals surface area contributed by atoms with Crippen LogP contribution >= 0.6 is 0 Å². The van der Waals surface area contributed by atoms with Gasteiger partial charge in [0.1, 0.15) is 5.75 Å². The highest BCUT2D eigenvalue weighted by Gasteiger charge is 2.28. The summed E-state index contributed by atoms with van der Waals surface area (Å²) in [5.74, 6) is 2.20. The van der Waals surface area contributed by atoms with E-state index in [2.05, 4.69) is 10.1 Å². The van der Waals surface area contributed by atoms with Crippen LogP contribution < -0.4 is 4.74 Å². The maximum Gasteiger partial charge on any atom is 0.260 e. The van der Waals surface area contributed by atoms with Crippen LogP contribution in [0, 0.1) is 6.92 Å². The van der Waals surface area contributed by atoms with E-state index in [0.29, 0.717) is 12.4 Å². The van der Waals surface area contributed by atoms with Gasteiger partial charge in [0.15, 0.2) is 12.4 Å². The van der Waals surface area contributed by atoms with Gasteiger partial charge >= 0.3 is 0 Å². The molecule has 3 rings (SSSR count). The van der Waals surface area contributed by atoms with E-state index in [4.69, 9.17) is 9.26 Å². The number of amides is 1. The lowest BCUT2D eigenvalue weighted by molar-refractivity contribution is -0.134. The van der Waals surface area contributed by atoms with Crippen molar-refractivity contribution in [3.05, 3.63) is 41.5 Å². The number of hydrogen-bond donors (Lipinski definition) is 0. The van der Waals surface area contributed by atoms with Crippen LogP contribution in [-0.4, -0.2) is 40.6 Å². The fourth-order valence-electron chi connectivity index (χ4n) is 2.92. The Morgan fingerprint density at radius 3 is 3.08 bits per heavy atom. The topological polar surface area (TPSA) is 68.5 Å². The smallest absolute Gasteiger partial charge is 0.260 e. The van der Waals surface area contributed by atoms with Gasteiger partial charge in [-0.05, 0) is 37.5 Å². The van der Waals surface area contributed by atoms with Crippen LogP contribution in [0.25, 0.3) is 0 Å². The lowest BCUT2D eigenvalue weighted by Crippen LogP contribution is -2.41. The Hall–Kier alpha value is -2.37. The largest absolute Gasteiger partial charge is 0.484 e. The van der Waals surface area contributed by atoms with Gasteiger partial charge in [-0.1, -0.05) is 24.2 Å². The van der Waals surface area contributed by atoms with Gasteiger partial charge in [-0.25, -0.2) is 0 Å². The third kappa shape index (κ3) is 3.93. The molecular weight excluding hydrogens is 306 g/mol. The Kier molecular flexibility index (Phi) is 5.13. The van der Waals surface area contributed by atoms with Crippen molar-refractivity contribution in [2.75, 3.05) is 19.7 Å². The molecule has 0 unspecified atom stereocenters. The van der Waals surface area contributed by atoms with Crippen molar-refractivity contribution < 1.29 is 14.1 Å². The second-order valence-electron chi connectivity index (χ2n) is 6.19. The summed E-state index contributed by atoms with van der Waals surface area (Å²) in [6.45, 7) is 5.41. The van der Waals surface area contributed by atoms with E-state index < -0.39 is 0 Å². The molecule has 0 radical (unpaired) electrons. The molecule has 2 aromatic rings. The first-order valence-electron chi connectivity index (χ1n) is 8.45. The van der Waals surface area contributed by atoms with Crippen LogP contribution in [0.2, 0.25) is 0 Å². The van der Waals surface area contributed by atoms with Crippen molar-refractivity contribution in [3.8, 4) is 5.75 Å². The van der Waals surface area contributed by atoms with Gasteiger partial charge in [0, 0.05) is 19.5 Å². The van der Waals surface area contributed by atoms with Crippen molar-refractivity contribution in [2.24, 2.45) is 0 Å². The molecule has 1 aromatic carbocycles. The van der Waals surface area contributed by atoms with E-state index in [9.17, 15) is 4.79 Å². The molecule has 0 saturated carbocycles. The van der Waals surface area contributed by atoms with Crippen LogP contribution in [0.4, 0.5) is 0 Å². The van der Waals surface area contributed by atoms with Crippen molar-refractivity contribution in [2.45, 2.75) is 39.0 Å². The van der Waals surface area contributed by atoms with Crippen molar-refractivity contribution in [3.63, 3.8) is 0 Å². The van der Waals surface area contributed by atoms with E-state index in [1.807, 2.05) is 43.0 Å². The number of aromatic nitrogens is 2. The monoisotopic (exact) mass is 329 g/mol. The molecule has 1 aliphatic heterocycles. The number of likely N-dealkylation sites (tertiary alicyclic amines) is 1. The minimum absolute atomic E-state index is 0.00330. The Balaban J connectivity index is 1.56. The summed E-state index contributed by atoms with van der Waals surface area (Å²) in [5.41, 5.74) is 1.11. The number of rotatable bonds is 5. The van der Waals surface area contributed by atoms with Crippen LogP contribution in [-0.2, 0) is 11.2 Å². The highest BCUT2D eigenvalue weighted by molar-refractivity contribution is 5.78. The van der Waals surface area contributed by atoms with Gasteiger partial charge in [0.05, 0.1) is 5.92 Å². The number of carbonyl (C=O) groups excluding carboxylic acids is 1. The van der Waals surface area contributed by atoms with Gasteiger partial charge in [-0.3, -0.25) is 4.79 Å². The summed E-state index contributed by atoms with van der Waals surface area (Å²) in [6, 6.07) is 7.72. The van der Waals surface area contributed by atoms with Gasteiger partial charge < -0.3 is 14.2 Å². The zero-order chi connectivity index (χ0) is 16.9. The maximum absolute atomic E-state index is 12.4. The number of hydrogen-bond acceptors (Lipinski definition) is 5. The Labute approximate surface area is 141 Å². The summed E-state index contributed by atoms with van der Waals surface area (Å²) in [6.07, 6.45) is 2.65. The molecular formula is C18H23N3O3. The third-order valence-electron chi connectivity index (χ3n) is 4.28. The molecule has 1 aliphatic rings. The Bertz CT molecular complexity index is 698. The van der Waals surface area contributed by atoms with E-state index in [-0.39, 0.29) is 18.4 Å². The van der Waals surface area contributed by atoms with Crippen LogP contribution in [0.3, 0.4) is 0 Å². The number of aryl methyl sites for hydroxylation is 2. The minimum atomic E-state index is -0.00330. The van der Waals surface area contributed by atoms with E-state index in [1.165, 1.54) is 0 Å². The predicted octanol–water partition coefficient (Wildman–Crippen LogP) is 2.73. The summed E-state index contributed by atoms with van der Waals surface area (Å²) < 4.78 is 11.0. The van der Waals surface area contributed by atoms with Gasteiger partial charge in [-0.15, -0.1) is 0 Å². The van der Waals surface area contributed by atoms with E-state index in [1.54, 1.807) is 0 Å². The van der Waals surface area contributed by atoms with Crippen LogP contribution in [0.1, 0.15) is 43.0 Å². The summed E-state index contributed by atoms with van der Waals surface area (Å²) >= 11 is 0. The highest BCUT2D eigenvalue weighted by Crippen LogP contribution is 2.26. The van der Waals surface area contributed by atoms with E-state index >= 15 is 0 Å². The highest BCUT2D eigenvalue weighted by atomic mass is 16.5. The third-order valence-corrected chi connectivity index (χ3v) is 4.28. The van der Waals surface area contributed by atoms with Crippen molar-refractivity contribution in [1.82, 2.24) is 15.0 Å². The SMILES string of the molecule is CCc1noc([C@@H]2CCCN(C(=O)COc3cccc(C)c3)C2)n1. The number of piperidine rings is 1. The lowest BCUT2D eigenvalue weighted by atomic mass is 9.98. The number of ether oxygens (including phenoxy) is 1. The Morgan fingerprint density at radius 1 is 1.46 bits per heavy atom. The van der Waals surface area contributed by atoms with Gasteiger partial charge in [0.2, 0.25) is 5.89 Å². The molecule has 6 heteroatoms. The minimum Gasteiger partial charge on any atom is -0.484 e. The molecule has 0 aliphatic carbocycles. The molecule has 1 fully saturated rings. The molecule has 128 valence electrons. The fraction of sp³-hybridized carbons (Fsp3) is 0.500. The van der Waals surface area contributed by atoms with Crippen LogP contribution in [0.15, 0.2) is 28.8 Å². The quantitative estimate of drug-likeness (QED) is 0.843. The average molecular weight is 329 g/mol. The average Bonchev–Trinajstić information content (AvgIpc) is 3.09. The fourth-order valence-corrected chi connectivity index (χ4v) is 2.92. The molecule has 2 heterocycles. The molecule has 0 N–H and O–H groups in total.